The maximum atomic E-state index is 6.19. The molecule has 0 unspecified atom stereocenters. The van der Waals surface area contributed by atoms with Crippen LogP contribution in [-0.2, 0) is 6.54 Å². The molecular weight excluding hydrogens is 256 g/mol. The fourth-order valence-electron chi connectivity index (χ4n) is 2.24. The Labute approximate surface area is 120 Å². The summed E-state index contributed by atoms with van der Waals surface area (Å²) < 4.78 is 0. The summed E-state index contributed by atoms with van der Waals surface area (Å²) in [5.41, 5.74) is 2.23. The molecule has 102 valence electrons. The maximum absolute atomic E-state index is 6.19. The van der Waals surface area contributed by atoms with E-state index in [0.717, 1.165) is 29.0 Å². The summed E-state index contributed by atoms with van der Waals surface area (Å²) in [5, 5.41) is 5.30. The molecule has 1 N–H and O–H groups in total. The van der Waals surface area contributed by atoms with E-state index in [1.807, 2.05) is 24.4 Å². The molecule has 0 saturated heterocycles. The minimum atomic E-state index is 0.773. The third-order valence-corrected chi connectivity index (χ3v) is 3.65. The largest absolute Gasteiger partial charge is 0.313 e. The summed E-state index contributed by atoms with van der Waals surface area (Å²) in [4.78, 5) is 4.45. The molecule has 0 aliphatic carbocycles. The van der Waals surface area contributed by atoms with Crippen molar-refractivity contribution < 1.29 is 0 Å². The zero-order chi connectivity index (χ0) is 13.5. The molecule has 0 spiro atoms. The fourth-order valence-corrected chi connectivity index (χ4v) is 2.45. The van der Waals surface area contributed by atoms with Gasteiger partial charge in [0.05, 0.1) is 5.52 Å². The highest BCUT2D eigenvalue weighted by Gasteiger charge is 2.04. The molecular formula is C16H21ClN2. The van der Waals surface area contributed by atoms with Crippen LogP contribution in [0.15, 0.2) is 30.5 Å². The van der Waals surface area contributed by atoms with Crippen LogP contribution in [0.5, 0.6) is 0 Å². The highest BCUT2D eigenvalue weighted by Crippen LogP contribution is 2.24. The molecule has 2 rings (SSSR count). The van der Waals surface area contributed by atoms with Gasteiger partial charge in [-0.1, -0.05) is 43.9 Å². The number of rotatable bonds is 7. The average Bonchev–Trinajstić information content (AvgIpc) is 2.45. The van der Waals surface area contributed by atoms with Crippen molar-refractivity contribution in [2.45, 2.75) is 39.2 Å². The summed E-state index contributed by atoms with van der Waals surface area (Å²) >= 11 is 6.19. The number of benzene rings is 1. The van der Waals surface area contributed by atoms with Gasteiger partial charge in [-0.3, -0.25) is 4.98 Å². The van der Waals surface area contributed by atoms with Crippen molar-refractivity contribution >= 4 is 22.5 Å². The molecule has 3 heteroatoms. The van der Waals surface area contributed by atoms with Crippen LogP contribution in [0.1, 0.15) is 38.2 Å². The molecule has 0 amide bonds. The molecule has 2 nitrogen and oxygen atoms in total. The first-order chi connectivity index (χ1) is 9.33. The number of aromatic nitrogens is 1. The van der Waals surface area contributed by atoms with E-state index < -0.39 is 0 Å². The second-order valence-electron chi connectivity index (χ2n) is 4.84. The van der Waals surface area contributed by atoms with Crippen molar-refractivity contribution in [3.63, 3.8) is 0 Å². The zero-order valence-corrected chi connectivity index (χ0v) is 12.2. The van der Waals surface area contributed by atoms with Crippen LogP contribution in [0.2, 0.25) is 5.02 Å². The summed E-state index contributed by atoms with van der Waals surface area (Å²) in [7, 11) is 0. The van der Waals surface area contributed by atoms with Crippen LogP contribution in [0.25, 0.3) is 10.9 Å². The summed E-state index contributed by atoms with van der Waals surface area (Å²) in [6, 6.07) is 7.97. The van der Waals surface area contributed by atoms with Crippen molar-refractivity contribution in [3.05, 3.63) is 41.0 Å². The van der Waals surface area contributed by atoms with Crippen LogP contribution >= 0.6 is 11.6 Å². The Kier molecular flexibility index (Phi) is 5.62. The summed E-state index contributed by atoms with van der Waals surface area (Å²) in [6.07, 6.45) is 6.98. The first-order valence-electron chi connectivity index (χ1n) is 7.05. The van der Waals surface area contributed by atoms with Crippen LogP contribution < -0.4 is 5.32 Å². The molecule has 19 heavy (non-hydrogen) atoms. The van der Waals surface area contributed by atoms with E-state index in [1.54, 1.807) is 0 Å². The van der Waals surface area contributed by atoms with Crippen LogP contribution in [0.4, 0.5) is 0 Å². The Morgan fingerprint density at radius 3 is 2.89 bits per heavy atom. The number of hydrogen-bond acceptors (Lipinski definition) is 2. The van der Waals surface area contributed by atoms with Crippen LogP contribution in [-0.4, -0.2) is 11.5 Å². The number of nitrogens with one attached hydrogen (secondary N) is 1. The van der Waals surface area contributed by atoms with Gasteiger partial charge in [0.2, 0.25) is 0 Å². The quantitative estimate of drug-likeness (QED) is 0.750. The predicted molar refractivity (Wildman–Crippen MR) is 82.6 cm³/mol. The van der Waals surface area contributed by atoms with Gasteiger partial charge in [0.15, 0.2) is 0 Å². The smallest absolute Gasteiger partial charge is 0.0761 e. The highest BCUT2D eigenvalue weighted by molar-refractivity contribution is 6.35. The Balaban J connectivity index is 1.96. The molecule has 0 fully saturated rings. The van der Waals surface area contributed by atoms with Crippen molar-refractivity contribution in [2.24, 2.45) is 0 Å². The summed E-state index contributed by atoms with van der Waals surface area (Å²) in [5.74, 6) is 0. The van der Waals surface area contributed by atoms with Crippen LogP contribution in [0, 0.1) is 0 Å². The van der Waals surface area contributed by atoms with E-state index in [9.17, 15) is 0 Å². The van der Waals surface area contributed by atoms with E-state index >= 15 is 0 Å². The second kappa shape index (κ2) is 7.46. The number of halogens is 1. The van der Waals surface area contributed by atoms with E-state index in [4.69, 9.17) is 11.6 Å². The number of unbranched alkanes of at least 4 members (excludes halogenated alkanes) is 3. The molecule has 0 atom stereocenters. The fraction of sp³-hybridized carbons (Fsp3) is 0.438. The standard InChI is InChI=1S/C16H21ClN2/c1-2-3-4-5-10-18-12-13-8-9-15(17)14-7-6-11-19-16(13)14/h6-9,11,18H,2-5,10,12H2,1H3. The lowest BCUT2D eigenvalue weighted by Gasteiger charge is -2.08. The minimum Gasteiger partial charge on any atom is -0.313 e. The Morgan fingerprint density at radius 1 is 1.16 bits per heavy atom. The van der Waals surface area contributed by atoms with Gasteiger partial charge in [-0.05, 0) is 36.7 Å². The molecule has 0 bridgehead atoms. The second-order valence-corrected chi connectivity index (χ2v) is 5.25. The first-order valence-corrected chi connectivity index (χ1v) is 7.43. The number of hydrogen-bond donors (Lipinski definition) is 1. The molecule has 1 aromatic carbocycles. The molecule has 0 saturated carbocycles. The average molecular weight is 277 g/mol. The number of pyridine rings is 1. The van der Waals surface area contributed by atoms with Crippen molar-refractivity contribution in [1.82, 2.24) is 10.3 Å². The monoisotopic (exact) mass is 276 g/mol. The first kappa shape index (κ1) is 14.3. The van der Waals surface area contributed by atoms with Gasteiger partial charge in [-0.25, -0.2) is 0 Å². The van der Waals surface area contributed by atoms with Gasteiger partial charge in [0.1, 0.15) is 0 Å². The SMILES string of the molecule is CCCCCCNCc1ccc(Cl)c2cccnc12. The number of fused-ring (bicyclic) bond motifs is 1. The van der Waals surface area contributed by atoms with Gasteiger partial charge in [-0.2, -0.15) is 0 Å². The minimum absolute atomic E-state index is 0.773. The van der Waals surface area contributed by atoms with Crippen molar-refractivity contribution in [2.75, 3.05) is 6.54 Å². The lowest BCUT2D eigenvalue weighted by molar-refractivity contribution is 0.599. The third kappa shape index (κ3) is 3.92. The Bertz CT molecular complexity index is 525. The Morgan fingerprint density at radius 2 is 2.05 bits per heavy atom. The molecule has 1 aromatic heterocycles. The van der Waals surface area contributed by atoms with Gasteiger partial charge in [0.25, 0.3) is 0 Å². The lowest BCUT2D eigenvalue weighted by atomic mass is 10.1. The lowest BCUT2D eigenvalue weighted by Crippen LogP contribution is -2.15. The van der Waals surface area contributed by atoms with Gasteiger partial charge in [-0.15, -0.1) is 0 Å². The molecule has 0 radical (unpaired) electrons. The Hall–Kier alpha value is -1.12. The van der Waals surface area contributed by atoms with Crippen molar-refractivity contribution in [1.29, 1.82) is 0 Å². The predicted octanol–water partition coefficient (Wildman–Crippen LogP) is 4.56. The van der Waals surface area contributed by atoms with Crippen molar-refractivity contribution in [3.8, 4) is 0 Å². The third-order valence-electron chi connectivity index (χ3n) is 3.32. The molecule has 1 heterocycles. The molecule has 0 aliphatic heterocycles. The van der Waals surface area contributed by atoms with Gasteiger partial charge >= 0.3 is 0 Å². The summed E-state index contributed by atoms with van der Waals surface area (Å²) in [6.45, 7) is 4.16. The topological polar surface area (TPSA) is 24.9 Å². The normalized spacial score (nSPS) is 11.1. The van der Waals surface area contributed by atoms with E-state index in [0.29, 0.717) is 0 Å². The van der Waals surface area contributed by atoms with E-state index in [2.05, 4.69) is 23.3 Å². The van der Waals surface area contributed by atoms with Crippen LogP contribution in [0.3, 0.4) is 0 Å². The molecule has 2 aromatic rings. The van der Waals surface area contributed by atoms with E-state index in [-0.39, 0.29) is 0 Å². The highest BCUT2D eigenvalue weighted by atomic mass is 35.5. The van der Waals surface area contributed by atoms with Gasteiger partial charge in [0, 0.05) is 23.2 Å². The van der Waals surface area contributed by atoms with Gasteiger partial charge < -0.3 is 5.32 Å². The van der Waals surface area contributed by atoms with E-state index in [1.165, 1.54) is 31.2 Å². The maximum Gasteiger partial charge on any atom is 0.0761 e. The molecule has 0 aliphatic rings. The number of nitrogens with zero attached hydrogens (tertiary/aromatic N) is 1. The zero-order valence-electron chi connectivity index (χ0n) is 11.5.